The van der Waals surface area contributed by atoms with E-state index in [0.29, 0.717) is 18.4 Å². The standard InChI is InChI=1S/C11H16N2O3S/c12-17(14,15)10-5-6-11(13-7-10)16-8-9-3-1-2-4-9/h5-7,9H,1-4,8H2,(H2,12,14,15). The van der Waals surface area contributed by atoms with Crippen molar-refractivity contribution in [2.45, 2.75) is 30.6 Å². The van der Waals surface area contributed by atoms with E-state index in [1.807, 2.05) is 0 Å². The Hall–Kier alpha value is -1.14. The highest BCUT2D eigenvalue weighted by Crippen LogP contribution is 2.25. The Labute approximate surface area is 101 Å². The zero-order valence-corrected chi connectivity index (χ0v) is 10.3. The summed E-state index contributed by atoms with van der Waals surface area (Å²) >= 11 is 0. The molecule has 5 nitrogen and oxygen atoms in total. The van der Waals surface area contributed by atoms with E-state index in [1.165, 1.54) is 44.0 Å². The van der Waals surface area contributed by atoms with Crippen molar-refractivity contribution in [2.75, 3.05) is 6.61 Å². The number of primary sulfonamides is 1. The van der Waals surface area contributed by atoms with E-state index in [2.05, 4.69) is 4.98 Å². The summed E-state index contributed by atoms with van der Waals surface area (Å²) in [6.07, 6.45) is 6.17. The topological polar surface area (TPSA) is 82.3 Å². The van der Waals surface area contributed by atoms with Gasteiger partial charge in [-0.2, -0.15) is 0 Å². The second-order valence-electron chi connectivity index (χ2n) is 4.34. The Morgan fingerprint density at radius 1 is 1.35 bits per heavy atom. The maximum atomic E-state index is 11.0. The highest BCUT2D eigenvalue weighted by atomic mass is 32.2. The molecule has 6 heteroatoms. The van der Waals surface area contributed by atoms with Crippen LogP contribution in [0.5, 0.6) is 5.88 Å². The number of ether oxygens (including phenoxy) is 1. The number of hydrogen-bond acceptors (Lipinski definition) is 4. The van der Waals surface area contributed by atoms with Crippen LogP contribution in [-0.2, 0) is 10.0 Å². The molecule has 0 aliphatic heterocycles. The lowest BCUT2D eigenvalue weighted by Gasteiger charge is -2.10. The molecule has 2 N–H and O–H groups in total. The number of pyridine rings is 1. The number of nitrogens with two attached hydrogens (primary N) is 1. The summed E-state index contributed by atoms with van der Waals surface area (Å²) in [7, 11) is -3.67. The second-order valence-corrected chi connectivity index (χ2v) is 5.90. The molecule has 0 bridgehead atoms. The van der Waals surface area contributed by atoms with Gasteiger partial charge in [-0.1, -0.05) is 12.8 Å². The number of rotatable bonds is 4. The number of nitrogens with zero attached hydrogens (tertiary/aromatic N) is 1. The van der Waals surface area contributed by atoms with Crippen molar-refractivity contribution in [1.82, 2.24) is 4.98 Å². The van der Waals surface area contributed by atoms with E-state index in [-0.39, 0.29) is 4.90 Å². The predicted molar refractivity (Wildman–Crippen MR) is 63.1 cm³/mol. The lowest BCUT2D eigenvalue weighted by molar-refractivity contribution is 0.243. The third-order valence-electron chi connectivity index (χ3n) is 2.98. The van der Waals surface area contributed by atoms with Crippen molar-refractivity contribution in [1.29, 1.82) is 0 Å². The van der Waals surface area contributed by atoms with Gasteiger partial charge in [0.15, 0.2) is 0 Å². The molecule has 0 atom stereocenters. The summed E-state index contributed by atoms with van der Waals surface area (Å²) in [4.78, 5) is 3.93. The van der Waals surface area contributed by atoms with Gasteiger partial charge in [-0.3, -0.25) is 0 Å². The largest absolute Gasteiger partial charge is 0.477 e. The first-order chi connectivity index (χ1) is 8.05. The van der Waals surface area contributed by atoms with Crippen LogP contribution in [0.15, 0.2) is 23.2 Å². The highest BCUT2D eigenvalue weighted by molar-refractivity contribution is 7.89. The van der Waals surface area contributed by atoms with Crippen LogP contribution in [0.3, 0.4) is 0 Å². The minimum absolute atomic E-state index is 0.00529. The fourth-order valence-corrected chi connectivity index (χ4v) is 2.46. The number of sulfonamides is 1. The van der Waals surface area contributed by atoms with Gasteiger partial charge < -0.3 is 4.74 Å². The fourth-order valence-electron chi connectivity index (χ4n) is 2.00. The normalized spacial score (nSPS) is 17.2. The van der Waals surface area contributed by atoms with E-state index >= 15 is 0 Å². The Morgan fingerprint density at radius 3 is 2.59 bits per heavy atom. The van der Waals surface area contributed by atoms with E-state index in [4.69, 9.17) is 9.88 Å². The molecule has 94 valence electrons. The first-order valence-electron chi connectivity index (χ1n) is 5.67. The quantitative estimate of drug-likeness (QED) is 0.880. The molecule has 1 saturated carbocycles. The van der Waals surface area contributed by atoms with Crippen molar-refractivity contribution < 1.29 is 13.2 Å². The van der Waals surface area contributed by atoms with E-state index in [1.54, 1.807) is 0 Å². The first kappa shape index (κ1) is 12.3. The van der Waals surface area contributed by atoms with Crippen molar-refractivity contribution >= 4 is 10.0 Å². The van der Waals surface area contributed by atoms with Crippen molar-refractivity contribution in [3.63, 3.8) is 0 Å². The molecule has 17 heavy (non-hydrogen) atoms. The van der Waals surface area contributed by atoms with Gasteiger partial charge in [0, 0.05) is 6.07 Å². The summed E-state index contributed by atoms with van der Waals surface area (Å²) < 4.78 is 27.5. The van der Waals surface area contributed by atoms with Gasteiger partial charge >= 0.3 is 0 Å². The Morgan fingerprint density at radius 2 is 2.06 bits per heavy atom. The maximum absolute atomic E-state index is 11.0. The maximum Gasteiger partial charge on any atom is 0.239 e. The number of hydrogen-bond donors (Lipinski definition) is 1. The zero-order chi connectivity index (χ0) is 12.3. The van der Waals surface area contributed by atoms with Gasteiger partial charge in [0.2, 0.25) is 15.9 Å². The Bertz CT molecular complexity index is 464. The third-order valence-corrected chi connectivity index (χ3v) is 3.88. The monoisotopic (exact) mass is 256 g/mol. The molecule has 0 unspecified atom stereocenters. The molecule has 0 saturated heterocycles. The molecule has 0 aromatic carbocycles. The average Bonchev–Trinajstić information content (AvgIpc) is 2.78. The first-order valence-corrected chi connectivity index (χ1v) is 7.22. The smallest absolute Gasteiger partial charge is 0.239 e. The summed E-state index contributed by atoms with van der Waals surface area (Å²) in [6, 6.07) is 2.95. The summed E-state index contributed by atoms with van der Waals surface area (Å²) in [5.74, 6) is 1.05. The minimum atomic E-state index is -3.67. The van der Waals surface area contributed by atoms with E-state index in [0.717, 1.165) is 0 Å². The molecular formula is C11H16N2O3S. The van der Waals surface area contributed by atoms with Crippen LogP contribution < -0.4 is 9.88 Å². The van der Waals surface area contributed by atoms with Crippen LogP contribution in [0, 0.1) is 5.92 Å². The Balaban J connectivity index is 1.94. The van der Waals surface area contributed by atoms with E-state index in [9.17, 15) is 8.42 Å². The van der Waals surface area contributed by atoms with Gasteiger partial charge in [-0.05, 0) is 24.8 Å². The summed E-state index contributed by atoms with van der Waals surface area (Å²) in [5, 5.41) is 4.97. The Kier molecular flexibility index (Phi) is 3.63. The van der Waals surface area contributed by atoms with Crippen LogP contribution in [0.25, 0.3) is 0 Å². The van der Waals surface area contributed by atoms with Crippen LogP contribution in [-0.4, -0.2) is 20.0 Å². The lowest BCUT2D eigenvalue weighted by Crippen LogP contribution is -2.13. The fraction of sp³-hybridized carbons (Fsp3) is 0.545. The van der Waals surface area contributed by atoms with Gasteiger partial charge in [0.1, 0.15) is 4.90 Å². The van der Waals surface area contributed by atoms with Gasteiger partial charge in [0.05, 0.1) is 12.8 Å². The van der Waals surface area contributed by atoms with Crippen LogP contribution >= 0.6 is 0 Å². The summed E-state index contributed by atoms with van der Waals surface area (Å²) in [5.41, 5.74) is 0. The molecule has 1 aromatic rings. The summed E-state index contributed by atoms with van der Waals surface area (Å²) in [6.45, 7) is 0.654. The molecule has 0 spiro atoms. The lowest BCUT2D eigenvalue weighted by atomic mass is 10.1. The molecule has 0 amide bonds. The van der Waals surface area contributed by atoms with Gasteiger partial charge in [-0.25, -0.2) is 18.5 Å². The predicted octanol–water partition coefficient (Wildman–Crippen LogP) is 1.30. The number of aromatic nitrogens is 1. The SMILES string of the molecule is NS(=O)(=O)c1ccc(OCC2CCCC2)nc1. The van der Waals surface area contributed by atoms with Crippen molar-refractivity contribution in [3.05, 3.63) is 18.3 Å². The van der Waals surface area contributed by atoms with E-state index < -0.39 is 10.0 Å². The molecule has 2 rings (SSSR count). The molecule has 1 fully saturated rings. The van der Waals surface area contributed by atoms with Crippen molar-refractivity contribution in [3.8, 4) is 5.88 Å². The van der Waals surface area contributed by atoms with Crippen LogP contribution in [0.2, 0.25) is 0 Å². The van der Waals surface area contributed by atoms with Gasteiger partial charge in [0.25, 0.3) is 0 Å². The average molecular weight is 256 g/mol. The van der Waals surface area contributed by atoms with Crippen molar-refractivity contribution in [2.24, 2.45) is 11.1 Å². The molecular weight excluding hydrogens is 240 g/mol. The minimum Gasteiger partial charge on any atom is -0.477 e. The third kappa shape index (κ3) is 3.41. The van der Waals surface area contributed by atoms with Crippen LogP contribution in [0.4, 0.5) is 0 Å². The zero-order valence-electron chi connectivity index (χ0n) is 9.50. The molecule has 1 aromatic heterocycles. The molecule has 1 aliphatic carbocycles. The second kappa shape index (κ2) is 5.01. The molecule has 1 heterocycles. The highest BCUT2D eigenvalue weighted by Gasteiger charge is 2.16. The molecule has 1 aliphatic rings. The molecule has 0 radical (unpaired) electrons. The van der Waals surface area contributed by atoms with Crippen LogP contribution in [0.1, 0.15) is 25.7 Å². The van der Waals surface area contributed by atoms with Gasteiger partial charge in [-0.15, -0.1) is 0 Å².